The maximum absolute atomic E-state index is 12.6. The van der Waals surface area contributed by atoms with Gasteiger partial charge in [-0.15, -0.1) is 11.6 Å². The Morgan fingerprint density at radius 1 is 1.22 bits per heavy atom. The van der Waals surface area contributed by atoms with Crippen LogP contribution in [-0.2, 0) is 10.7 Å². The highest BCUT2D eigenvalue weighted by atomic mass is 35.5. The predicted molar refractivity (Wildman–Crippen MR) is 99.8 cm³/mol. The molecule has 2 aromatic rings. The third-order valence-electron chi connectivity index (χ3n) is 3.34. The number of carbonyl (C=O) groups excluding carboxylic acids is 1. The van der Waals surface area contributed by atoms with Gasteiger partial charge in [-0.05, 0) is 29.8 Å². The van der Waals surface area contributed by atoms with E-state index in [2.05, 4.69) is 0 Å². The number of para-hydroxylation sites is 1. The molecule has 0 radical (unpaired) electrons. The Morgan fingerprint density at radius 2 is 1.96 bits per heavy atom. The minimum absolute atomic E-state index is 0.0909. The number of rotatable bonds is 3. The molecule has 2 aromatic carbocycles. The number of benzene rings is 2. The molecule has 116 valence electrons. The number of amides is 1. The summed E-state index contributed by atoms with van der Waals surface area (Å²) in [6.07, 6.45) is 1.65. The highest BCUT2D eigenvalue weighted by Gasteiger charge is 2.33. The third kappa shape index (κ3) is 3.27. The van der Waals surface area contributed by atoms with Crippen LogP contribution >= 0.6 is 35.6 Å². The van der Waals surface area contributed by atoms with E-state index < -0.39 is 0 Å². The first-order valence-corrected chi connectivity index (χ1v) is 8.57. The zero-order chi connectivity index (χ0) is 16.4. The fourth-order valence-corrected chi connectivity index (χ4v) is 3.66. The van der Waals surface area contributed by atoms with Gasteiger partial charge in [-0.1, -0.05) is 54.3 Å². The quantitative estimate of drug-likeness (QED) is 0.495. The fourth-order valence-electron chi connectivity index (χ4n) is 2.20. The van der Waals surface area contributed by atoms with Gasteiger partial charge in [-0.3, -0.25) is 9.69 Å². The molecule has 3 rings (SSSR count). The van der Waals surface area contributed by atoms with Crippen LogP contribution in [0.4, 0.5) is 5.69 Å². The summed E-state index contributed by atoms with van der Waals surface area (Å²) in [6.45, 7) is 0. The Labute approximate surface area is 148 Å². The molecular weight excluding hydrogens is 350 g/mol. The average molecular weight is 362 g/mol. The van der Waals surface area contributed by atoms with Crippen LogP contribution in [0.2, 0.25) is 0 Å². The summed E-state index contributed by atoms with van der Waals surface area (Å²) in [5.74, 6) is 0.226. The fraction of sp³-hybridized carbons (Fsp3) is 0.0588. The standard InChI is InChI=1S/C17H12ClNO2S2/c18-10-11-6-7-12(14(20)8-11)9-15-16(21)19(17(22)23-15)13-4-2-1-3-5-13/h1-9,20H,10H2. The molecule has 0 aromatic heterocycles. The van der Waals surface area contributed by atoms with Gasteiger partial charge in [0.1, 0.15) is 5.75 Å². The molecule has 1 aliphatic rings. The van der Waals surface area contributed by atoms with Crippen LogP contribution in [0.15, 0.2) is 53.4 Å². The van der Waals surface area contributed by atoms with Gasteiger partial charge in [0.05, 0.1) is 10.6 Å². The van der Waals surface area contributed by atoms with E-state index in [1.807, 2.05) is 36.4 Å². The molecule has 0 aliphatic carbocycles. The Bertz CT molecular complexity index is 805. The number of phenols is 1. The van der Waals surface area contributed by atoms with Crippen LogP contribution in [0, 0.1) is 0 Å². The lowest BCUT2D eigenvalue weighted by Gasteiger charge is -2.13. The second-order valence-electron chi connectivity index (χ2n) is 4.88. The SMILES string of the molecule is O=C1C(=Cc2ccc(CCl)cc2O)SC(=S)N1c1ccccc1. The minimum Gasteiger partial charge on any atom is -0.507 e. The Kier molecular flexibility index (Phi) is 4.71. The van der Waals surface area contributed by atoms with Crippen molar-refractivity contribution in [2.24, 2.45) is 0 Å². The second-order valence-corrected chi connectivity index (χ2v) is 6.82. The number of aromatic hydroxyl groups is 1. The van der Waals surface area contributed by atoms with Crippen LogP contribution in [0.5, 0.6) is 5.75 Å². The van der Waals surface area contributed by atoms with E-state index in [9.17, 15) is 9.90 Å². The molecule has 3 nitrogen and oxygen atoms in total. The number of thiocarbonyl (C=S) groups is 1. The lowest BCUT2D eigenvalue weighted by molar-refractivity contribution is -0.113. The lowest BCUT2D eigenvalue weighted by atomic mass is 10.1. The largest absolute Gasteiger partial charge is 0.507 e. The molecule has 1 amide bonds. The monoisotopic (exact) mass is 361 g/mol. The average Bonchev–Trinajstić information content (AvgIpc) is 2.84. The molecule has 1 heterocycles. The Hall–Kier alpha value is -1.82. The van der Waals surface area contributed by atoms with Crippen LogP contribution in [0.1, 0.15) is 11.1 Å². The number of phenolic OH excluding ortho intramolecular Hbond substituents is 1. The maximum Gasteiger partial charge on any atom is 0.270 e. The topological polar surface area (TPSA) is 40.5 Å². The molecule has 23 heavy (non-hydrogen) atoms. The molecule has 0 bridgehead atoms. The van der Waals surface area contributed by atoms with E-state index in [1.165, 1.54) is 16.7 Å². The van der Waals surface area contributed by atoms with E-state index >= 15 is 0 Å². The number of anilines is 1. The summed E-state index contributed by atoms with van der Waals surface area (Å²) in [5, 5.41) is 10.0. The first kappa shape index (κ1) is 16.1. The molecule has 6 heteroatoms. The molecule has 0 saturated carbocycles. The van der Waals surface area contributed by atoms with E-state index in [0.717, 1.165) is 11.3 Å². The number of hydrogen-bond donors (Lipinski definition) is 1. The van der Waals surface area contributed by atoms with E-state index in [4.69, 9.17) is 23.8 Å². The van der Waals surface area contributed by atoms with Crippen LogP contribution in [0.25, 0.3) is 6.08 Å². The summed E-state index contributed by atoms with van der Waals surface area (Å²) in [5.41, 5.74) is 2.12. The molecule has 0 unspecified atom stereocenters. The van der Waals surface area contributed by atoms with E-state index in [-0.39, 0.29) is 11.7 Å². The molecule has 1 fully saturated rings. The molecule has 0 atom stereocenters. The molecular formula is C17H12ClNO2S2. The van der Waals surface area contributed by atoms with E-state index in [1.54, 1.807) is 18.2 Å². The normalized spacial score (nSPS) is 16.4. The van der Waals surface area contributed by atoms with Gasteiger partial charge >= 0.3 is 0 Å². The number of carbonyl (C=O) groups is 1. The number of nitrogens with zero attached hydrogens (tertiary/aromatic N) is 1. The number of alkyl halides is 1. The zero-order valence-corrected chi connectivity index (χ0v) is 14.3. The summed E-state index contributed by atoms with van der Waals surface area (Å²) in [7, 11) is 0. The van der Waals surface area contributed by atoms with Crippen molar-refractivity contribution in [1.82, 2.24) is 0 Å². The van der Waals surface area contributed by atoms with Crippen molar-refractivity contribution >= 4 is 57.6 Å². The second kappa shape index (κ2) is 6.74. The van der Waals surface area contributed by atoms with Crippen molar-refractivity contribution in [3.8, 4) is 5.75 Å². The zero-order valence-electron chi connectivity index (χ0n) is 11.9. The Morgan fingerprint density at radius 3 is 2.61 bits per heavy atom. The number of hydrogen-bond acceptors (Lipinski definition) is 4. The first-order valence-electron chi connectivity index (χ1n) is 6.81. The van der Waals surface area contributed by atoms with E-state index in [0.29, 0.717) is 20.7 Å². The van der Waals surface area contributed by atoms with Crippen molar-refractivity contribution < 1.29 is 9.90 Å². The van der Waals surface area contributed by atoms with Gasteiger partial charge < -0.3 is 5.11 Å². The summed E-state index contributed by atoms with van der Waals surface area (Å²) < 4.78 is 0.476. The minimum atomic E-state index is -0.188. The van der Waals surface area contributed by atoms with Crippen LogP contribution in [0.3, 0.4) is 0 Å². The van der Waals surface area contributed by atoms with Crippen molar-refractivity contribution in [2.75, 3.05) is 4.90 Å². The highest BCUT2D eigenvalue weighted by Crippen LogP contribution is 2.37. The molecule has 1 saturated heterocycles. The first-order chi connectivity index (χ1) is 11.1. The van der Waals surface area contributed by atoms with Gasteiger partial charge in [0.15, 0.2) is 4.32 Å². The van der Waals surface area contributed by atoms with Crippen LogP contribution < -0.4 is 4.90 Å². The summed E-state index contributed by atoms with van der Waals surface area (Å²) in [6, 6.07) is 14.4. The highest BCUT2D eigenvalue weighted by molar-refractivity contribution is 8.27. The molecule has 0 spiro atoms. The molecule has 1 aliphatic heterocycles. The third-order valence-corrected chi connectivity index (χ3v) is 4.95. The van der Waals surface area contributed by atoms with Crippen molar-refractivity contribution in [3.63, 3.8) is 0 Å². The van der Waals surface area contributed by atoms with Crippen molar-refractivity contribution in [2.45, 2.75) is 5.88 Å². The summed E-state index contributed by atoms with van der Waals surface area (Å²) in [4.78, 5) is 14.6. The van der Waals surface area contributed by atoms with Crippen molar-refractivity contribution in [3.05, 3.63) is 64.6 Å². The molecule has 1 N–H and O–H groups in total. The summed E-state index contributed by atoms with van der Waals surface area (Å²) >= 11 is 12.3. The van der Waals surface area contributed by atoms with Gasteiger partial charge in [-0.25, -0.2) is 0 Å². The smallest absolute Gasteiger partial charge is 0.270 e. The van der Waals surface area contributed by atoms with Crippen molar-refractivity contribution in [1.29, 1.82) is 0 Å². The van der Waals surface area contributed by atoms with Gasteiger partial charge in [0.25, 0.3) is 5.91 Å². The predicted octanol–water partition coefficient (Wildman–Crippen LogP) is 4.54. The number of thioether (sulfide) groups is 1. The Balaban J connectivity index is 1.93. The van der Waals surface area contributed by atoms with Gasteiger partial charge in [0, 0.05) is 11.4 Å². The number of halogens is 1. The maximum atomic E-state index is 12.6. The lowest BCUT2D eigenvalue weighted by Crippen LogP contribution is -2.27. The van der Waals surface area contributed by atoms with Crippen LogP contribution in [-0.4, -0.2) is 15.3 Å². The van der Waals surface area contributed by atoms with Gasteiger partial charge in [0.2, 0.25) is 0 Å². The van der Waals surface area contributed by atoms with Gasteiger partial charge in [-0.2, -0.15) is 0 Å².